The third kappa shape index (κ3) is 2.31. The lowest BCUT2D eigenvalue weighted by molar-refractivity contribution is -0.655. The first kappa shape index (κ1) is 11.7. The lowest BCUT2D eigenvalue weighted by Gasteiger charge is -2.27. The van der Waals surface area contributed by atoms with E-state index >= 15 is 0 Å². The van der Waals surface area contributed by atoms with Gasteiger partial charge < -0.3 is 16.0 Å². The number of piperazine rings is 1. The zero-order chi connectivity index (χ0) is 12.4. The fourth-order valence-corrected chi connectivity index (χ4v) is 2.09. The van der Waals surface area contributed by atoms with Gasteiger partial charge in [-0.15, -0.1) is 0 Å². The van der Waals surface area contributed by atoms with Crippen LogP contribution < -0.4 is 16.0 Å². The smallest absolute Gasteiger partial charge is 0.292 e. The molecule has 1 aromatic rings. The molecule has 0 amide bonds. The summed E-state index contributed by atoms with van der Waals surface area (Å²) in [7, 11) is 0. The van der Waals surface area contributed by atoms with E-state index in [-0.39, 0.29) is 10.6 Å². The summed E-state index contributed by atoms with van der Waals surface area (Å²) >= 11 is 0. The maximum Gasteiger partial charge on any atom is 0.292 e. The molecule has 1 aliphatic rings. The average Bonchev–Trinajstić information content (AvgIpc) is 2.33. The quantitative estimate of drug-likeness (QED) is 0.426. The van der Waals surface area contributed by atoms with Gasteiger partial charge in [0.1, 0.15) is 5.69 Å². The Bertz CT molecular complexity index is 441. The van der Waals surface area contributed by atoms with E-state index in [1.165, 1.54) is 0 Å². The van der Waals surface area contributed by atoms with E-state index in [0.29, 0.717) is 11.4 Å². The van der Waals surface area contributed by atoms with Crippen molar-refractivity contribution in [2.75, 3.05) is 36.8 Å². The van der Waals surface area contributed by atoms with Crippen LogP contribution in [0.15, 0.2) is 12.1 Å². The van der Waals surface area contributed by atoms with Crippen molar-refractivity contribution in [1.29, 1.82) is 0 Å². The molecule has 0 saturated carbocycles. The van der Waals surface area contributed by atoms with Crippen molar-refractivity contribution in [1.82, 2.24) is 0 Å². The molecule has 0 aliphatic carbocycles. The van der Waals surface area contributed by atoms with Crippen LogP contribution in [0.1, 0.15) is 5.56 Å². The van der Waals surface area contributed by atoms with Crippen LogP contribution in [0.25, 0.3) is 0 Å². The molecule has 0 spiro atoms. The number of nitrogens with two attached hydrogens (primary N) is 2. The molecule has 0 unspecified atom stereocenters. The van der Waals surface area contributed by atoms with E-state index in [1.807, 2.05) is 4.90 Å². The Morgan fingerprint density at radius 1 is 1.41 bits per heavy atom. The van der Waals surface area contributed by atoms with Gasteiger partial charge in [0, 0.05) is 11.8 Å². The minimum Gasteiger partial charge on any atom is -0.398 e. The number of nitro groups is 1. The number of nitrogens with zero attached hydrogens (tertiary/aromatic N) is 2. The van der Waals surface area contributed by atoms with Gasteiger partial charge in [-0.1, -0.05) is 0 Å². The number of nitrogen functional groups attached to an aromatic ring is 1. The molecular formula is C11H17N4O2+. The van der Waals surface area contributed by atoms with Gasteiger partial charge in [0.05, 0.1) is 31.1 Å². The lowest BCUT2D eigenvalue weighted by atomic mass is 10.1. The molecule has 0 bridgehead atoms. The zero-order valence-electron chi connectivity index (χ0n) is 9.85. The van der Waals surface area contributed by atoms with Gasteiger partial charge in [-0.25, -0.2) is 0 Å². The summed E-state index contributed by atoms with van der Waals surface area (Å²) in [5.41, 5.74) is 8.00. The normalized spacial score (nSPS) is 15.9. The van der Waals surface area contributed by atoms with E-state index in [2.05, 4.69) is 5.32 Å². The highest BCUT2D eigenvalue weighted by Crippen LogP contribution is 2.32. The number of aryl methyl sites for hydroxylation is 1. The summed E-state index contributed by atoms with van der Waals surface area (Å²) in [4.78, 5) is 12.8. The standard InChI is InChI=1S/C11H16N4O2/c1-8-6-11(15(16)17)10(7-9(8)12)14-4-2-13-3-5-14/h6-7,13H,2-5,12H2,1H3/p+1. The van der Waals surface area contributed by atoms with Crippen molar-refractivity contribution in [3.8, 4) is 0 Å². The third-order valence-corrected chi connectivity index (χ3v) is 3.11. The van der Waals surface area contributed by atoms with Crippen LogP contribution in [-0.4, -0.2) is 31.1 Å². The van der Waals surface area contributed by atoms with E-state index in [1.54, 1.807) is 19.1 Å². The molecule has 0 radical (unpaired) electrons. The Morgan fingerprint density at radius 2 is 2.06 bits per heavy atom. The summed E-state index contributed by atoms with van der Waals surface area (Å²) < 4.78 is 0. The van der Waals surface area contributed by atoms with E-state index in [4.69, 9.17) is 5.73 Å². The monoisotopic (exact) mass is 237 g/mol. The lowest BCUT2D eigenvalue weighted by Crippen LogP contribution is -2.89. The number of rotatable bonds is 2. The Labute approximate surface area is 99.6 Å². The number of hydrogen-bond acceptors (Lipinski definition) is 4. The van der Waals surface area contributed by atoms with Gasteiger partial charge in [-0.3, -0.25) is 10.1 Å². The fourth-order valence-electron chi connectivity index (χ4n) is 2.09. The second-order valence-electron chi connectivity index (χ2n) is 4.31. The second-order valence-corrected chi connectivity index (χ2v) is 4.31. The molecule has 0 atom stereocenters. The molecule has 0 aromatic heterocycles. The first-order valence-electron chi connectivity index (χ1n) is 5.70. The number of nitro benzene ring substituents is 1. The number of benzene rings is 1. The van der Waals surface area contributed by atoms with Gasteiger partial charge >= 0.3 is 0 Å². The van der Waals surface area contributed by atoms with Crippen molar-refractivity contribution in [2.24, 2.45) is 0 Å². The molecule has 1 fully saturated rings. The Balaban J connectivity index is 2.42. The first-order chi connectivity index (χ1) is 8.09. The highest BCUT2D eigenvalue weighted by atomic mass is 16.6. The summed E-state index contributed by atoms with van der Waals surface area (Å²) in [5.74, 6) is 0. The molecule has 6 heteroatoms. The predicted octanol–water partition coefficient (Wildman–Crippen LogP) is -0.131. The molecular weight excluding hydrogens is 220 g/mol. The van der Waals surface area contributed by atoms with Crippen LogP contribution >= 0.6 is 0 Å². The molecule has 1 aromatic carbocycles. The minimum absolute atomic E-state index is 0.151. The Hall–Kier alpha value is -1.82. The molecule has 1 heterocycles. The average molecular weight is 237 g/mol. The summed E-state index contributed by atoms with van der Waals surface area (Å²) in [6.07, 6.45) is 0. The number of hydrogen-bond donors (Lipinski definition) is 2. The first-order valence-corrected chi connectivity index (χ1v) is 5.70. The van der Waals surface area contributed by atoms with E-state index in [0.717, 1.165) is 31.7 Å². The van der Waals surface area contributed by atoms with E-state index < -0.39 is 0 Å². The number of quaternary nitrogens is 1. The molecule has 6 nitrogen and oxygen atoms in total. The van der Waals surface area contributed by atoms with Gasteiger partial charge in [0.15, 0.2) is 0 Å². The molecule has 92 valence electrons. The van der Waals surface area contributed by atoms with Gasteiger partial charge in [0.2, 0.25) is 0 Å². The second kappa shape index (κ2) is 4.58. The predicted molar refractivity (Wildman–Crippen MR) is 66.1 cm³/mol. The van der Waals surface area contributed by atoms with Crippen LogP contribution in [0.5, 0.6) is 0 Å². The zero-order valence-corrected chi connectivity index (χ0v) is 9.85. The summed E-state index contributed by atoms with van der Waals surface area (Å²) in [6.45, 7) is 5.36. The van der Waals surface area contributed by atoms with Gasteiger partial charge in [-0.05, 0) is 18.6 Å². The highest BCUT2D eigenvalue weighted by Gasteiger charge is 2.23. The summed E-state index contributed by atoms with van der Waals surface area (Å²) in [5, 5.41) is 13.3. The highest BCUT2D eigenvalue weighted by molar-refractivity contribution is 5.71. The summed E-state index contributed by atoms with van der Waals surface area (Å²) in [6, 6.07) is 3.28. The van der Waals surface area contributed by atoms with Crippen molar-refractivity contribution >= 4 is 17.1 Å². The van der Waals surface area contributed by atoms with Crippen LogP contribution in [0.2, 0.25) is 0 Å². The van der Waals surface area contributed by atoms with Crippen LogP contribution in [0, 0.1) is 17.0 Å². The largest absolute Gasteiger partial charge is 0.398 e. The molecule has 17 heavy (non-hydrogen) atoms. The molecule has 2 rings (SSSR count). The molecule has 4 N–H and O–H groups in total. The van der Waals surface area contributed by atoms with E-state index in [9.17, 15) is 10.1 Å². The van der Waals surface area contributed by atoms with Crippen LogP contribution in [-0.2, 0) is 0 Å². The topological polar surface area (TPSA) is 89.0 Å². The molecule has 1 aliphatic heterocycles. The van der Waals surface area contributed by atoms with Crippen LogP contribution in [0.3, 0.4) is 0 Å². The van der Waals surface area contributed by atoms with Crippen molar-refractivity contribution in [3.63, 3.8) is 0 Å². The van der Waals surface area contributed by atoms with Gasteiger partial charge in [-0.2, -0.15) is 0 Å². The van der Waals surface area contributed by atoms with Crippen molar-refractivity contribution in [2.45, 2.75) is 6.92 Å². The Morgan fingerprint density at radius 3 is 2.65 bits per heavy atom. The third-order valence-electron chi connectivity index (χ3n) is 3.11. The van der Waals surface area contributed by atoms with Crippen molar-refractivity contribution < 1.29 is 10.2 Å². The molecule has 1 saturated heterocycles. The minimum atomic E-state index is -0.333. The Kier molecular flexibility index (Phi) is 3.14. The number of anilines is 2. The maximum absolute atomic E-state index is 11.1. The SMILES string of the molecule is Cc1cc([N+](=O)[O-])c(N2CC[NH2+]CC2)cc1N. The van der Waals surface area contributed by atoms with Crippen molar-refractivity contribution in [3.05, 3.63) is 27.8 Å². The maximum atomic E-state index is 11.1. The van der Waals surface area contributed by atoms with Gasteiger partial charge in [0.25, 0.3) is 5.69 Å². The van der Waals surface area contributed by atoms with Crippen LogP contribution in [0.4, 0.5) is 17.1 Å². The fraction of sp³-hybridized carbons (Fsp3) is 0.455.